The van der Waals surface area contributed by atoms with Gasteiger partial charge in [0.1, 0.15) is 11.9 Å². The fourth-order valence-corrected chi connectivity index (χ4v) is 2.72. The van der Waals surface area contributed by atoms with Gasteiger partial charge in [-0.05, 0) is 39.7 Å². The minimum Gasteiger partial charge on any atom is -0.488 e. The van der Waals surface area contributed by atoms with Gasteiger partial charge in [0.2, 0.25) is 0 Å². The number of nitrogens with zero attached hydrogens (tertiary/aromatic N) is 1. The van der Waals surface area contributed by atoms with E-state index in [4.69, 9.17) is 10.6 Å². The van der Waals surface area contributed by atoms with Crippen molar-refractivity contribution < 1.29 is 4.74 Å². The van der Waals surface area contributed by atoms with Crippen LogP contribution in [-0.4, -0.2) is 17.1 Å². The number of nitrogens with one attached hydrogen (secondary N) is 1. The normalized spacial score (nSPS) is 18.4. The lowest BCUT2D eigenvalue weighted by Crippen LogP contribution is -2.47. The highest BCUT2D eigenvalue weighted by Gasteiger charge is 2.29. The zero-order chi connectivity index (χ0) is 13.9. The van der Waals surface area contributed by atoms with E-state index in [0.29, 0.717) is 0 Å². The lowest BCUT2D eigenvalue weighted by atomic mass is 10.0. The van der Waals surface area contributed by atoms with Crippen LogP contribution >= 0.6 is 15.9 Å². The first-order chi connectivity index (χ1) is 9.76. The van der Waals surface area contributed by atoms with E-state index in [1.807, 2.05) is 30.3 Å². The van der Waals surface area contributed by atoms with E-state index in [1.165, 1.54) is 5.56 Å². The van der Waals surface area contributed by atoms with E-state index in [2.05, 4.69) is 32.4 Å². The van der Waals surface area contributed by atoms with Gasteiger partial charge in [0.05, 0.1) is 6.04 Å². The third kappa shape index (κ3) is 2.85. The first-order valence-electron chi connectivity index (χ1n) is 6.57. The van der Waals surface area contributed by atoms with E-state index in [-0.39, 0.29) is 12.1 Å². The summed E-state index contributed by atoms with van der Waals surface area (Å²) in [6.45, 7) is 0. The minimum absolute atomic E-state index is 0.0380. The Morgan fingerprint density at radius 2 is 2.20 bits per heavy atom. The van der Waals surface area contributed by atoms with Crippen LogP contribution in [0.25, 0.3) is 0 Å². The molecule has 0 spiro atoms. The molecule has 4 nitrogen and oxygen atoms in total. The van der Waals surface area contributed by atoms with Crippen molar-refractivity contribution >= 4 is 15.9 Å². The van der Waals surface area contributed by atoms with Crippen LogP contribution in [0.1, 0.15) is 11.3 Å². The Kier molecular flexibility index (Phi) is 4.00. The number of hydrazine groups is 1. The number of nitrogens with two attached hydrogens (primary N) is 1. The molecule has 104 valence electrons. The maximum atomic E-state index is 5.98. The summed E-state index contributed by atoms with van der Waals surface area (Å²) in [5, 5.41) is 0. The predicted molar refractivity (Wildman–Crippen MR) is 81.3 cm³/mol. The lowest BCUT2D eigenvalue weighted by Gasteiger charge is -2.22. The molecule has 5 heteroatoms. The fraction of sp³-hybridized carbons (Fsp3) is 0.267. The number of fused-ring (bicyclic) bond motifs is 1. The Bertz CT molecular complexity index is 563. The van der Waals surface area contributed by atoms with Crippen molar-refractivity contribution in [3.63, 3.8) is 0 Å². The molecule has 2 heterocycles. The molecular weight excluding hydrogens is 318 g/mol. The van der Waals surface area contributed by atoms with Crippen LogP contribution in [0, 0.1) is 0 Å². The van der Waals surface area contributed by atoms with Gasteiger partial charge in [0, 0.05) is 29.2 Å². The third-order valence-corrected chi connectivity index (χ3v) is 4.02. The van der Waals surface area contributed by atoms with Gasteiger partial charge in [-0.2, -0.15) is 0 Å². The van der Waals surface area contributed by atoms with Gasteiger partial charge < -0.3 is 4.74 Å². The maximum absolute atomic E-state index is 5.98. The molecule has 2 unspecified atom stereocenters. The molecule has 1 aliphatic rings. The molecule has 1 aromatic heterocycles. The molecule has 0 fully saturated rings. The molecule has 1 aliphatic heterocycles. The van der Waals surface area contributed by atoms with Gasteiger partial charge in [-0.3, -0.25) is 16.3 Å². The summed E-state index contributed by atoms with van der Waals surface area (Å²) in [7, 11) is 0. The molecule has 0 saturated heterocycles. The van der Waals surface area contributed by atoms with Crippen LogP contribution < -0.4 is 16.0 Å². The van der Waals surface area contributed by atoms with Crippen LogP contribution in [0.5, 0.6) is 5.75 Å². The summed E-state index contributed by atoms with van der Waals surface area (Å²) >= 11 is 3.39. The molecule has 2 atom stereocenters. The highest BCUT2D eigenvalue weighted by Crippen LogP contribution is 2.30. The Morgan fingerprint density at radius 3 is 2.90 bits per heavy atom. The second kappa shape index (κ2) is 5.91. The predicted octanol–water partition coefficient (Wildman–Crippen LogP) is 2.22. The average molecular weight is 334 g/mol. The molecule has 0 radical (unpaired) electrons. The summed E-state index contributed by atoms with van der Waals surface area (Å²) in [4.78, 5) is 4.39. The first-order valence-corrected chi connectivity index (χ1v) is 7.36. The quantitative estimate of drug-likeness (QED) is 0.665. The van der Waals surface area contributed by atoms with E-state index in [0.717, 1.165) is 28.8 Å². The lowest BCUT2D eigenvalue weighted by molar-refractivity contribution is 0.177. The van der Waals surface area contributed by atoms with Gasteiger partial charge in [0.15, 0.2) is 0 Å². The standard InChI is InChI=1S/C15H16BrN3O/c16-11-5-6-12(18-9-11)8-13(19-17)15-7-10-3-1-2-4-14(10)20-15/h1-6,9,13,15,19H,7-8,17H2. The molecule has 0 aliphatic carbocycles. The van der Waals surface area contributed by atoms with Crippen molar-refractivity contribution in [1.29, 1.82) is 0 Å². The molecule has 20 heavy (non-hydrogen) atoms. The summed E-state index contributed by atoms with van der Waals surface area (Å²) in [6, 6.07) is 12.1. The van der Waals surface area contributed by atoms with Crippen LogP contribution in [0.15, 0.2) is 47.1 Å². The molecule has 0 amide bonds. The minimum atomic E-state index is 0.0380. The van der Waals surface area contributed by atoms with Crippen molar-refractivity contribution in [3.8, 4) is 5.75 Å². The smallest absolute Gasteiger partial charge is 0.123 e. The van der Waals surface area contributed by atoms with Crippen LogP contribution in [0.2, 0.25) is 0 Å². The Balaban J connectivity index is 1.71. The Morgan fingerprint density at radius 1 is 1.35 bits per heavy atom. The molecule has 3 N–H and O–H groups in total. The number of rotatable bonds is 4. The van der Waals surface area contributed by atoms with E-state index in [1.54, 1.807) is 6.20 Å². The number of ether oxygens (including phenoxy) is 1. The summed E-state index contributed by atoms with van der Waals surface area (Å²) < 4.78 is 6.95. The first kappa shape index (κ1) is 13.5. The molecule has 0 bridgehead atoms. The van der Waals surface area contributed by atoms with Crippen LogP contribution in [-0.2, 0) is 12.8 Å². The second-order valence-corrected chi connectivity index (χ2v) is 5.83. The largest absolute Gasteiger partial charge is 0.488 e. The van der Waals surface area contributed by atoms with Gasteiger partial charge >= 0.3 is 0 Å². The molecular formula is C15H16BrN3O. The van der Waals surface area contributed by atoms with Gasteiger partial charge in [-0.15, -0.1) is 0 Å². The van der Waals surface area contributed by atoms with Gasteiger partial charge in [-0.1, -0.05) is 18.2 Å². The molecule has 0 saturated carbocycles. The van der Waals surface area contributed by atoms with Crippen molar-refractivity contribution in [1.82, 2.24) is 10.4 Å². The monoisotopic (exact) mass is 333 g/mol. The average Bonchev–Trinajstić information content (AvgIpc) is 2.90. The van der Waals surface area contributed by atoms with Crippen molar-refractivity contribution in [3.05, 3.63) is 58.3 Å². The SMILES string of the molecule is NNC(Cc1ccc(Br)cn1)C1Cc2ccccc2O1. The van der Waals surface area contributed by atoms with E-state index >= 15 is 0 Å². The topological polar surface area (TPSA) is 60.2 Å². The number of hydrogen-bond donors (Lipinski definition) is 2. The van der Waals surface area contributed by atoms with E-state index < -0.39 is 0 Å². The van der Waals surface area contributed by atoms with Crippen LogP contribution in [0.3, 0.4) is 0 Å². The summed E-state index contributed by atoms with van der Waals surface area (Å²) in [5.41, 5.74) is 5.10. The maximum Gasteiger partial charge on any atom is 0.123 e. The van der Waals surface area contributed by atoms with Crippen molar-refractivity contribution in [2.75, 3.05) is 0 Å². The third-order valence-electron chi connectivity index (χ3n) is 3.55. The number of benzene rings is 1. The number of hydrogen-bond acceptors (Lipinski definition) is 4. The second-order valence-electron chi connectivity index (χ2n) is 4.91. The molecule has 3 rings (SSSR count). The summed E-state index contributed by atoms with van der Waals surface area (Å²) in [6.07, 6.45) is 3.46. The van der Waals surface area contributed by atoms with Crippen molar-refractivity contribution in [2.45, 2.75) is 25.0 Å². The Hall–Kier alpha value is -1.43. The number of para-hydroxylation sites is 1. The van der Waals surface area contributed by atoms with Crippen molar-refractivity contribution in [2.24, 2.45) is 5.84 Å². The fourth-order valence-electron chi connectivity index (χ4n) is 2.48. The zero-order valence-corrected chi connectivity index (χ0v) is 12.5. The number of halogens is 1. The molecule has 1 aromatic carbocycles. The van der Waals surface area contributed by atoms with E-state index in [9.17, 15) is 0 Å². The van der Waals surface area contributed by atoms with Gasteiger partial charge in [-0.25, -0.2) is 0 Å². The zero-order valence-electron chi connectivity index (χ0n) is 10.9. The van der Waals surface area contributed by atoms with Crippen LogP contribution in [0.4, 0.5) is 0 Å². The number of aromatic nitrogens is 1. The highest BCUT2D eigenvalue weighted by molar-refractivity contribution is 9.10. The number of pyridine rings is 1. The summed E-state index contributed by atoms with van der Waals surface area (Å²) in [5.74, 6) is 6.66. The van der Waals surface area contributed by atoms with Gasteiger partial charge in [0.25, 0.3) is 0 Å². The molecule has 2 aromatic rings. The Labute approximate surface area is 126 Å². The highest BCUT2D eigenvalue weighted by atomic mass is 79.9.